The van der Waals surface area contributed by atoms with Gasteiger partial charge in [-0.1, -0.05) is 32.4 Å². The Morgan fingerprint density at radius 2 is 1.78 bits per heavy atom. The molecule has 170 valence electrons. The SMILES string of the molecule is CC.O=C(OC1CCCCC1)c1ccncc1.O=CNc1ccn(-c2ccccc2F)n1. The second-order valence-electron chi connectivity index (χ2n) is 6.76. The van der Waals surface area contributed by atoms with Gasteiger partial charge in [-0.15, -0.1) is 5.10 Å². The fraction of sp³-hybridized carbons (Fsp3) is 0.333. The first-order valence-corrected chi connectivity index (χ1v) is 10.8. The summed E-state index contributed by atoms with van der Waals surface area (Å²) >= 11 is 0. The van der Waals surface area contributed by atoms with E-state index in [4.69, 9.17) is 4.74 Å². The molecule has 1 saturated carbocycles. The van der Waals surface area contributed by atoms with Crippen LogP contribution in [0.25, 0.3) is 5.69 Å². The number of benzene rings is 1. The van der Waals surface area contributed by atoms with E-state index >= 15 is 0 Å². The Balaban J connectivity index is 0.000000211. The van der Waals surface area contributed by atoms with Crippen LogP contribution in [0.2, 0.25) is 0 Å². The molecule has 4 rings (SSSR count). The molecule has 1 aliphatic rings. The number of pyridine rings is 1. The molecule has 0 bridgehead atoms. The number of para-hydroxylation sites is 1. The number of nitrogens with zero attached hydrogens (tertiary/aromatic N) is 3. The van der Waals surface area contributed by atoms with Gasteiger partial charge in [0.25, 0.3) is 0 Å². The summed E-state index contributed by atoms with van der Waals surface area (Å²) in [6.07, 6.45) is 11.1. The minimum atomic E-state index is -0.363. The minimum Gasteiger partial charge on any atom is -0.459 e. The maximum Gasteiger partial charge on any atom is 0.338 e. The van der Waals surface area contributed by atoms with Crippen molar-refractivity contribution in [2.75, 3.05) is 5.32 Å². The van der Waals surface area contributed by atoms with Crippen molar-refractivity contribution in [2.24, 2.45) is 0 Å². The third-order valence-electron chi connectivity index (χ3n) is 4.64. The van der Waals surface area contributed by atoms with Crippen LogP contribution in [-0.2, 0) is 9.53 Å². The molecular formula is C24H29FN4O3. The summed E-state index contributed by atoms with van der Waals surface area (Å²) in [6.45, 7) is 4.00. The average molecular weight is 441 g/mol. The largest absolute Gasteiger partial charge is 0.459 e. The molecule has 0 saturated heterocycles. The second kappa shape index (κ2) is 13.7. The summed E-state index contributed by atoms with van der Waals surface area (Å²) in [5.74, 6) is -0.198. The molecule has 2 heterocycles. The number of hydrogen-bond donors (Lipinski definition) is 1. The monoisotopic (exact) mass is 440 g/mol. The van der Waals surface area contributed by atoms with Crippen molar-refractivity contribution >= 4 is 18.2 Å². The van der Waals surface area contributed by atoms with E-state index in [2.05, 4.69) is 15.4 Å². The van der Waals surface area contributed by atoms with Gasteiger partial charge in [-0.25, -0.2) is 13.9 Å². The van der Waals surface area contributed by atoms with E-state index in [1.165, 1.54) is 30.0 Å². The summed E-state index contributed by atoms with van der Waals surface area (Å²) < 4.78 is 20.1. The van der Waals surface area contributed by atoms with Crippen molar-refractivity contribution < 1.29 is 18.7 Å². The molecule has 1 N–H and O–H groups in total. The highest BCUT2D eigenvalue weighted by Crippen LogP contribution is 2.21. The number of hydrogen-bond acceptors (Lipinski definition) is 5. The van der Waals surface area contributed by atoms with Crippen molar-refractivity contribution in [1.29, 1.82) is 0 Å². The van der Waals surface area contributed by atoms with Crippen molar-refractivity contribution in [1.82, 2.24) is 14.8 Å². The third-order valence-corrected chi connectivity index (χ3v) is 4.64. The van der Waals surface area contributed by atoms with Crippen LogP contribution in [0.3, 0.4) is 0 Å². The molecule has 32 heavy (non-hydrogen) atoms. The number of halogens is 1. The molecule has 0 spiro atoms. The number of amides is 1. The van der Waals surface area contributed by atoms with E-state index in [1.54, 1.807) is 55.0 Å². The van der Waals surface area contributed by atoms with Gasteiger partial charge < -0.3 is 10.1 Å². The predicted octanol–water partition coefficient (Wildman–Crippen LogP) is 5.18. The van der Waals surface area contributed by atoms with Gasteiger partial charge in [0.1, 0.15) is 17.6 Å². The molecular weight excluding hydrogens is 411 g/mol. The number of ether oxygens (including phenoxy) is 1. The van der Waals surface area contributed by atoms with Gasteiger partial charge >= 0.3 is 5.97 Å². The van der Waals surface area contributed by atoms with Gasteiger partial charge in [-0.2, -0.15) is 0 Å². The van der Waals surface area contributed by atoms with Crippen LogP contribution in [0.5, 0.6) is 0 Å². The zero-order chi connectivity index (χ0) is 23.2. The Morgan fingerprint density at radius 1 is 1.09 bits per heavy atom. The lowest BCUT2D eigenvalue weighted by atomic mass is 9.98. The number of carbonyl (C=O) groups is 2. The lowest BCUT2D eigenvalue weighted by Crippen LogP contribution is -2.20. The minimum absolute atomic E-state index is 0.124. The smallest absolute Gasteiger partial charge is 0.338 e. The van der Waals surface area contributed by atoms with Crippen molar-refractivity contribution in [3.63, 3.8) is 0 Å². The lowest BCUT2D eigenvalue weighted by Gasteiger charge is -2.21. The summed E-state index contributed by atoms with van der Waals surface area (Å²) in [5.41, 5.74) is 0.937. The number of rotatable bonds is 5. The molecule has 2 aromatic heterocycles. The predicted molar refractivity (Wildman–Crippen MR) is 121 cm³/mol. The Bertz CT molecular complexity index is 957. The molecule has 0 atom stereocenters. The fourth-order valence-corrected chi connectivity index (χ4v) is 3.12. The van der Waals surface area contributed by atoms with E-state index in [1.807, 2.05) is 13.8 Å². The van der Waals surface area contributed by atoms with Crippen molar-refractivity contribution in [3.05, 3.63) is 72.4 Å². The molecule has 3 aromatic rings. The molecule has 1 fully saturated rings. The van der Waals surface area contributed by atoms with Gasteiger partial charge in [0.2, 0.25) is 6.41 Å². The summed E-state index contributed by atoms with van der Waals surface area (Å²) in [4.78, 5) is 25.7. The summed E-state index contributed by atoms with van der Waals surface area (Å²) in [5, 5.41) is 6.35. The van der Waals surface area contributed by atoms with E-state index in [0.29, 0.717) is 23.5 Å². The Hall–Kier alpha value is -3.55. The normalized spacial score (nSPS) is 13.0. The van der Waals surface area contributed by atoms with Gasteiger partial charge in [-0.3, -0.25) is 9.78 Å². The molecule has 7 nitrogen and oxygen atoms in total. The third kappa shape index (κ3) is 7.61. The number of carbonyl (C=O) groups excluding carboxylic acids is 2. The maximum absolute atomic E-state index is 13.3. The highest BCUT2D eigenvalue weighted by molar-refractivity contribution is 5.89. The Morgan fingerprint density at radius 3 is 2.44 bits per heavy atom. The molecule has 1 aliphatic carbocycles. The Kier molecular flexibility index (Phi) is 10.6. The van der Waals surface area contributed by atoms with Crippen LogP contribution in [0, 0.1) is 5.82 Å². The fourth-order valence-electron chi connectivity index (χ4n) is 3.12. The maximum atomic E-state index is 13.3. The van der Waals surface area contributed by atoms with Crippen molar-refractivity contribution in [2.45, 2.75) is 52.1 Å². The Labute approximate surface area is 187 Å². The zero-order valence-electron chi connectivity index (χ0n) is 18.4. The first-order valence-electron chi connectivity index (χ1n) is 10.8. The number of nitrogens with one attached hydrogen (secondary N) is 1. The van der Waals surface area contributed by atoms with Crippen molar-refractivity contribution in [3.8, 4) is 5.69 Å². The summed E-state index contributed by atoms with van der Waals surface area (Å²) in [7, 11) is 0. The first kappa shape index (κ1) is 24.7. The van der Waals surface area contributed by atoms with E-state index in [-0.39, 0.29) is 17.9 Å². The molecule has 8 heteroatoms. The number of esters is 1. The lowest BCUT2D eigenvalue weighted by molar-refractivity contribution is -0.105. The standard InChI is InChI=1S/C12H15NO2.C10H8FN3O.C2H6/c14-12(10-6-8-13-9-7-10)15-11-4-2-1-3-5-11;11-8-3-1-2-4-9(8)14-6-5-10(13-14)12-7-15;1-2/h6-9,11H,1-5H2;1-7H,(H,12,13,15);1-2H3. The summed E-state index contributed by atoms with van der Waals surface area (Å²) in [6, 6.07) is 11.2. The first-order chi connectivity index (χ1) is 15.7. The molecule has 0 unspecified atom stereocenters. The van der Waals surface area contributed by atoms with Gasteiger partial charge in [0.15, 0.2) is 5.82 Å². The highest BCUT2D eigenvalue weighted by Gasteiger charge is 2.18. The van der Waals surface area contributed by atoms with Gasteiger partial charge in [0.05, 0.1) is 5.56 Å². The molecule has 0 aliphatic heterocycles. The van der Waals surface area contributed by atoms with E-state index in [9.17, 15) is 14.0 Å². The number of aromatic nitrogens is 3. The van der Waals surface area contributed by atoms with Crippen LogP contribution in [0.1, 0.15) is 56.3 Å². The molecule has 1 amide bonds. The van der Waals surface area contributed by atoms with Crippen LogP contribution in [0.4, 0.5) is 10.2 Å². The van der Waals surface area contributed by atoms with E-state index in [0.717, 1.165) is 12.8 Å². The molecule has 1 aromatic carbocycles. The topological polar surface area (TPSA) is 86.1 Å². The van der Waals surface area contributed by atoms with Gasteiger partial charge in [-0.05, 0) is 49.9 Å². The van der Waals surface area contributed by atoms with Gasteiger partial charge in [0, 0.05) is 24.7 Å². The van der Waals surface area contributed by atoms with Crippen LogP contribution in [-0.4, -0.2) is 33.2 Å². The van der Waals surface area contributed by atoms with E-state index < -0.39 is 0 Å². The van der Waals surface area contributed by atoms with Crippen LogP contribution >= 0.6 is 0 Å². The quantitative estimate of drug-likeness (QED) is 0.437. The molecule has 0 radical (unpaired) electrons. The van der Waals surface area contributed by atoms with Crippen LogP contribution < -0.4 is 5.32 Å². The average Bonchev–Trinajstić information content (AvgIpc) is 3.31. The van der Waals surface area contributed by atoms with Crippen LogP contribution in [0.15, 0.2) is 61.1 Å². The highest BCUT2D eigenvalue weighted by atomic mass is 19.1. The second-order valence-corrected chi connectivity index (χ2v) is 6.76. The zero-order valence-corrected chi connectivity index (χ0v) is 18.4. The number of anilines is 1.